The van der Waals surface area contributed by atoms with E-state index < -0.39 is 0 Å². The summed E-state index contributed by atoms with van der Waals surface area (Å²) in [5, 5.41) is 5.74. The van der Waals surface area contributed by atoms with Crippen LogP contribution in [0, 0.1) is 6.92 Å². The molecule has 0 atom stereocenters. The van der Waals surface area contributed by atoms with Gasteiger partial charge in [0.15, 0.2) is 5.76 Å². The van der Waals surface area contributed by atoms with Gasteiger partial charge in [-0.1, -0.05) is 6.07 Å². The lowest BCUT2D eigenvalue weighted by Crippen LogP contribution is -2.46. The largest absolute Gasteiger partial charge is 0.456 e. The fourth-order valence-electron chi connectivity index (χ4n) is 3.75. The third-order valence-corrected chi connectivity index (χ3v) is 5.34. The molecule has 0 spiro atoms. The van der Waals surface area contributed by atoms with Gasteiger partial charge in [-0.25, -0.2) is 4.79 Å². The first-order valence-corrected chi connectivity index (χ1v) is 9.83. The number of piperidine rings is 1. The maximum Gasteiger partial charge on any atom is 0.321 e. The lowest BCUT2D eigenvalue weighted by Gasteiger charge is -2.32. The van der Waals surface area contributed by atoms with Crippen molar-refractivity contribution in [2.45, 2.75) is 25.8 Å². The molecule has 8 heteroatoms. The molecule has 0 unspecified atom stereocenters. The number of hydrogen-bond acceptors (Lipinski definition) is 4. The van der Waals surface area contributed by atoms with Crippen molar-refractivity contribution in [1.29, 1.82) is 0 Å². The zero-order chi connectivity index (χ0) is 20.4. The normalized spacial score (nSPS) is 17.3. The number of nitrogens with zero attached hydrogens (tertiary/aromatic N) is 2. The van der Waals surface area contributed by atoms with E-state index in [-0.39, 0.29) is 23.9 Å². The van der Waals surface area contributed by atoms with Gasteiger partial charge in [-0.2, -0.15) is 0 Å². The van der Waals surface area contributed by atoms with E-state index in [4.69, 9.17) is 4.42 Å². The van der Waals surface area contributed by atoms with Crippen molar-refractivity contribution in [3.8, 4) is 0 Å². The van der Waals surface area contributed by atoms with E-state index in [0.29, 0.717) is 56.1 Å². The minimum atomic E-state index is -0.223. The lowest BCUT2D eigenvalue weighted by atomic mass is 10.0. The van der Waals surface area contributed by atoms with Gasteiger partial charge in [0, 0.05) is 43.5 Å². The van der Waals surface area contributed by atoms with Gasteiger partial charge in [-0.3, -0.25) is 14.5 Å². The summed E-state index contributed by atoms with van der Waals surface area (Å²) >= 11 is 0. The van der Waals surface area contributed by atoms with E-state index in [9.17, 15) is 14.4 Å². The number of anilines is 1. The van der Waals surface area contributed by atoms with Crippen LogP contribution in [0.2, 0.25) is 0 Å². The molecule has 2 N–H and O–H groups in total. The number of carbonyl (C=O) groups is 3. The second kappa shape index (κ2) is 7.98. The molecule has 0 aliphatic carbocycles. The van der Waals surface area contributed by atoms with Crippen LogP contribution in [0.5, 0.6) is 0 Å². The summed E-state index contributed by atoms with van der Waals surface area (Å²) in [7, 11) is 0. The fraction of sp³-hybridized carbons (Fsp3) is 0.381. The summed E-state index contributed by atoms with van der Waals surface area (Å²) in [6.07, 6.45) is 1.37. The van der Waals surface area contributed by atoms with Crippen molar-refractivity contribution >= 4 is 23.5 Å². The zero-order valence-electron chi connectivity index (χ0n) is 16.3. The van der Waals surface area contributed by atoms with Gasteiger partial charge in [0.1, 0.15) is 5.76 Å². The molecule has 0 bridgehead atoms. The number of hydrogen-bond donors (Lipinski definition) is 2. The number of likely N-dealkylation sites (tertiary alicyclic amines) is 1. The Kier molecular flexibility index (Phi) is 5.24. The molecule has 152 valence electrons. The van der Waals surface area contributed by atoms with Crippen LogP contribution in [0.15, 0.2) is 40.8 Å². The van der Waals surface area contributed by atoms with Crippen LogP contribution >= 0.6 is 0 Å². The van der Waals surface area contributed by atoms with Crippen molar-refractivity contribution < 1.29 is 18.8 Å². The van der Waals surface area contributed by atoms with Gasteiger partial charge >= 0.3 is 6.03 Å². The van der Waals surface area contributed by atoms with Crippen LogP contribution in [0.3, 0.4) is 0 Å². The Bertz CT molecular complexity index is 930. The minimum Gasteiger partial charge on any atom is -0.456 e. The molecule has 4 rings (SSSR count). The zero-order valence-corrected chi connectivity index (χ0v) is 16.3. The second-order valence-electron chi connectivity index (χ2n) is 7.38. The Hall–Kier alpha value is -3.29. The number of furan rings is 1. The molecule has 0 radical (unpaired) electrons. The Morgan fingerprint density at radius 2 is 1.93 bits per heavy atom. The van der Waals surface area contributed by atoms with Gasteiger partial charge in [0.05, 0.1) is 0 Å². The van der Waals surface area contributed by atoms with Crippen molar-refractivity contribution in [2.75, 3.05) is 31.1 Å². The average molecular weight is 396 g/mol. The highest BCUT2D eigenvalue weighted by Gasteiger charge is 2.27. The molecule has 2 aliphatic heterocycles. The summed E-state index contributed by atoms with van der Waals surface area (Å²) < 4.78 is 5.36. The molecule has 2 fully saturated rings. The van der Waals surface area contributed by atoms with Crippen LogP contribution in [-0.2, 0) is 0 Å². The molecule has 2 aliphatic rings. The number of rotatable bonds is 4. The molecule has 1 aromatic heterocycles. The Morgan fingerprint density at radius 3 is 2.59 bits per heavy atom. The molecule has 2 saturated heterocycles. The van der Waals surface area contributed by atoms with Gasteiger partial charge in [-0.05, 0) is 50.1 Å². The van der Waals surface area contributed by atoms with Gasteiger partial charge in [0.25, 0.3) is 11.8 Å². The Balaban J connectivity index is 1.34. The van der Waals surface area contributed by atoms with Crippen LogP contribution in [0.1, 0.15) is 39.5 Å². The standard InChI is InChI=1S/C21H24N4O4/c1-14-5-6-18(29-14)19(26)23-16-7-10-24(11-8-16)20(27)15-3-2-4-17(13-15)25-12-9-22-21(25)28/h2-6,13,16H,7-12H2,1H3,(H,22,28)(H,23,26). The van der Waals surface area contributed by atoms with Gasteiger partial charge in [0.2, 0.25) is 0 Å². The lowest BCUT2D eigenvalue weighted by molar-refractivity contribution is 0.0695. The van der Waals surface area contributed by atoms with E-state index in [1.54, 1.807) is 47.1 Å². The predicted molar refractivity (Wildman–Crippen MR) is 107 cm³/mol. The summed E-state index contributed by atoms with van der Waals surface area (Å²) in [6.45, 7) is 4.13. The highest BCUT2D eigenvalue weighted by molar-refractivity contribution is 5.98. The van der Waals surface area contributed by atoms with E-state index in [0.717, 1.165) is 5.69 Å². The highest BCUT2D eigenvalue weighted by Crippen LogP contribution is 2.21. The van der Waals surface area contributed by atoms with Crippen molar-refractivity contribution in [2.24, 2.45) is 0 Å². The first-order chi connectivity index (χ1) is 14.0. The van der Waals surface area contributed by atoms with E-state index >= 15 is 0 Å². The number of benzene rings is 1. The molecular formula is C21H24N4O4. The molecule has 1 aromatic carbocycles. The summed E-state index contributed by atoms with van der Waals surface area (Å²) in [5.74, 6) is 0.727. The maximum absolute atomic E-state index is 12.9. The van der Waals surface area contributed by atoms with Crippen LogP contribution in [-0.4, -0.2) is 55.0 Å². The quantitative estimate of drug-likeness (QED) is 0.828. The minimum absolute atomic E-state index is 0.0107. The number of urea groups is 1. The van der Waals surface area contributed by atoms with Crippen molar-refractivity contribution in [3.63, 3.8) is 0 Å². The molecule has 4 amide bonds. The molecule has 2 aromatic rings. The predicted octanol–water partition coefficient (Wildman–Crippen LogP) is 2.15. The number of aryl methyl sites for hydroxylation is 1. The molecule has 0 saturated carbocycles. The third kappa shape index (κ3) is 4.11. The topological polar surface area (TPSA) is 94.9 Å². The molecule has 3 heterocycles. The summed E-state index contributed by atoms with van der Waals surface area (Å²) in [5.41, 5.74) is 1.29. The van der Waals surface area contributed by atoms with Gasteiger partial charge in [-0.15, -0.1) is 0 Å². The molecule has 29 heavy (non-hydrogen) atoms. The van der Waals surface area contributed by atoms with Crippen molar-refractivity contribution in [3.05, 3.63) is 53.5 Å². The van der Waals surface area contributed by atoms with Gasteiger partial charge < -0.3 is 20.0 Å². The van der Waals surface area contributed by atoms with Crippen LogP contribution in [0.25, 0.3) is 0 Å². The average Bonchev–Trinajstić information content (AvgIpc) is 3.36. The monoisotopic (exact) mass is 396 g/mol. The number of nitrogens with one attached hydrogen (secondary N) is 2. The fourth-order valence-corrected chi connectivity index (χ4v) is 3.75. The number of carbonyl (C=O) groups excluding carboxylic acids is 3. The van der Waals surface area contributed by atoms with E-state index in [2.05, 4.69) is 10.6 Å². The maximum atomic E-state index is 12.9. The smallest absolute Gasteiger partial charge is 0.321 e. The SMILES string of the molecule is Cc1ccc(C(=O)NC2CCN(C(=O)c3cccc(N4CCNC4=O)c3)CC2)o1. The summed E-state index contributed by atoms with van der Waals surface area (Å²) in [4.78, 5) is 40.4. The molecule has 8 nitrogen and oxygen atoms in total. The summed E-state index contributed by atoms with van der Waals surface area (Å²) in [6, 6.07) is 10.5. The first-order valence-electron chi connectivity index (χ1n) is 9.83. The highest BCUT2D eigenvalue weighted by atomic mass is 16.3. The second-order valence-corrected chi connectivity index (χ2v) is 7.38. The third-order valence-electron chi connectivity index (χ3n) is 5.34. The first kappa shape index (κ1) is 19.0. The van der Waals surface area contributed by atoms with Crippen molar-refractivity contribution in [1.82, 2.24) is 15.5 Å². The van der Waals surface area contributed by atoms with E-state index in [1.165, 1.54) is 0 Å². The van der Waals surface area contributed by atoms with Crippen LogP contribution in [0.4, 0.5) is 10.5 Å². The Labute approximate surface area is 168 Å². The Morgan fingerprint density at radius 1 is 1.14 bits per heavy atom. The van der Waals surface area contributed by atoms with Crippen LogP contribution < -0.4 is 15.5 Å². The number of amides is 4. The molecular weight excluding hydrogens is 372 g/mol. The van der Waals surface area contributed by atoms with E-state index in [1.807, 2.05) is 6.07 Å².